The van der Waals surface area contributed by atoms with Gasteiger partial charge in [0, 0.05) is 19.3 Å². The fraction of sp³-hybridized carbons (Fsp3) is 0.692. The largest absolute Gasteiger partial charge is 0.479 e. The predicted molar refractivity (Wildman–Crippen MR) is 312 cm³/mol. The average molecular weight is 1080 g/mol. The topological polar surface area (TPSA) is 175 Å². The summed E-state index contributed by atoms with van der Waals surface area (Å²) in [4.78, 5) is 51.1. The van der Waals surface area contributed by atoms with Gasteiger partial charge in [-0.25, -0.2) is 4.79 Å². The van der Waals surface area contributed by atoms with Gasteiger partial charge in [0.1, 0.15) is 18.8 Å². The highest BCUT2D eigenvalue weighted by molar-refractivity contribution is 5.74. The number of aliphatic hydroxyl groups is 2. The highest BCUT2D eigenvalue weighted by atomic mass is 16.7. The van der Waals surface area contributed by atoms with Gasteiger partial charge in [0.05, 0.1) is 6.61 Å². The second kappa shape index (κ2) is 52.3. The van der Waals surface area contributed by atoms with E-state index in [1.54, 1.807) is 0 Å². The second-order valence-electron chi connectivity index (χ2n) is 20.2. The molecule has 0 aliphatic carbocycles. The van der Waals surface area contributed by atoms with Gasteiger partial charge in [-0.15, -0.1) is 0 Å². The van der Waals surface area contributed by atoms with Gasteiger partial charge in [-0.3, -0.25) is 14.4 Å². The first-order valence-corrected chi connectivity index (χ1v) is 30.2. The fourth-order valence-corrected chi connectivity index (χ4v) is 8.46. The van der Waals surface area contributed by atoms with E-state index in [2.05, 4.69) is 118 Å². The monoisotopic (exact) mass is 1080 g/mol. The van der Waals surface area contributed by atoms with Crippen LogP contribution in [0.3, 0.4) is 0 Å². The lowest BCUT2D eigenvalue weighted by molar-refractivity contribution is -0.301. The highest BCUT2D eigenvalue weighted by Gasteiger charge is 2.50. The summed E-state index contributed by atoms with van der Waals surface area (Å²) in [5.41, 5.74) is 0. The molecule has 1 saturated heterocycles. The molecular formula is C65H106O12. The van der Waals surface area contributed by atoms with Crippen molar-refractivity contribution in [1.29, 1.82) is 0 Å². The van der Waals surface area contributed by atoms with E-state index < -0.39 is 67.3 Å². The zero-order valence-electron chi connectivity index (χ0n) is 48.2. The molecule has 77 heavy (non-hydrogen) atoms. The van der Waals surface area contributed by atoms with E-state index in [1.807, 2.05) is 0 Å². The number of esters is 3. The summed E-state index contributed by atoms with van der Waals surface area (Å²) >= 11 is 0. The average Bonchev–Trinajstić information content (AvgIpc) is 3.42. The van der Waals surface area contributed by atoms with Gasteiger partial charge in [0.15, 0.2) is 24.6 Å². The first-order chi connectivity index (χ1) is 37.6. The molecular weight excluding hydrogens is 973 g/mol. The summed E-state index contributed by atoms with van der Waals surface area (Å²) in [5, 5.41) is 31.5. The van der Waals surface area contributed by atoms with Crippen LogP contribution in [0, 0.1) is 0 Å². The van der Waals surface area contributed by atoms with E-state index in [-0.39, 0.29) is 25.9 Å². The third-order valence-electron chi connectivity index (χ3n) is 13.1. The Morgan fingerprint density at radius 2 is 0.831 bits per heavy atom. The van der Waals surface area contributed by atoms with Gasteiger partial charge < -0.3 is 39.0 Å². The van der Waals surface area contributed by atoms with Crippen LogP contribution in [0.25, 0.3) is 0 Å². The minimum absolute atomic E-state index is 0.0414. The lowest BCUT2D eigenvalue weighted by atomic mass is 9.98. The number of carboxylic acids is 1. The molecule has 0 aromatic carbocycles. The first kappa shape index (κ1) is 70.7. The van der Waals surface area contributed by atoms with E-state index in [0.717, 1.165) is 141 Å². The van der Waals surface area contributed by atoms with Crippen molar-refractivity contribution in [3.63, 3.8) is 0 Å². The number of aliphatic carboxylic acids is 1. The molecule has 438 valence electrons. The SMILES string of the molecule is CC/C=C\C/C=C\C/C=C\C/C=C\CCCCCCC(=O)OC(COC(=O)CCCCCCCC/C=C\C/C=C\C/C=C\CCCCC)COC1OC(C(=O)O)C(O)C(O)C1OC(=O)CCCCCCC/C=C\CCCC. The number of allylic oxidation sites excluding steroid dienone is 16. The molecule has 12 heteroatoms. The number of carboxylic acid groups (broad SMARTS) is 1. The Balaban J connectivity index is 2.71. The van der Waals surface area contributed by atoms with Gasteiger partial charge in [0.2, 0.25) is 0 Å². The van der Waals surface area contributed by atoms with E-state index in [0.29, 0.717) is 19.3 Å². The van der Waals surface area contributed by atoms with Crippen LogP contribution in [-0.4, -0.2) is 89.2 Å². The number of carbonyl (C=O) groups is 4. The Morgan fingerprint density at radius 1 is 0.442 bits per heavy atom. The molecule has 1 aliphatic rings. The quantitative estimate of drug-likeness (QED) is 0.0228. The standard InChI is InChI=1S/C65H106O12/c1-4-7-10-13-16-19-22-24-26-28-29-31-32-34-37-39-42-45-48-51-57(66)73-54-56(75-58(67)52-49-46-43-41-38-35-33-30-27-25-23-20-17-14-11-8-5-2)55-74-65-63(61(70)60(69)62(77-65)64(71)72)76-59(68)53-50-47-44-40-36-21-18-15-12-9-6-3/h8,11,15-20,24-27,29,31,33,35,56,60-63,65,69-70H,4-7,9-10,12-14,21-23,28,30,32,34,36-55H2,1-3H3,(H,71,72)/b11-8-,18-15-,19-16-,20-17-,26-24-,27-25-,31-29-,35-33-. The van der Waals surface area contributed by atoms with Crippen molar-refractivity contribution in [1.82, 2.24) is 0 Å². The van der Waals surface area contributed by atoms with Gasteiger partial charge in [-0.1, -0.05) is 201 Å². The molecule has 6 unspecified atom stereocenters. The van der Waals surface area contributed by atoms with E-state index in [9.17, 15) is 34.5 Å². The zero-order chi connectivity index (χ0) is 56.1. The molecule has 3 N–H and O–H groups in total. The van der Waals surface area contributed by atoms with Gasteiger partial charge in [-0.05, 0) is 116 Å². The van der Waals surface area contributed by atoms with E-state index in [4.69, 9.17) is 23.7 Å². The van der Waals surface area contributed by atoms with Crippen molar-refractivity contribution in [2.24, 2.45) is 0 Å². The molecule has 0 aromatic rings. The fourth-order valence-electron chi connectivity index (χ4n) is 8.46. The molecule has 0 aromatic heterocycles. The lowest BCUT2D eigenvalue weighted by Crippen LogP contribution is -2.61. The van der Waals surface area contributed by atoms with Crippen molar-refractivity contribution in [3.05, 3.63) is 97.2 Å². The zero-order valence-corrected chi connectivity index (χ0v) is 48.2. The molecule has 0 spiro atoms. The molecule has 0 bridgehead atoms. The summed E-state index contributed by atoms with van der Waals surface area (Å²) in [6, 6.07) is 0. The van der Waals surface area contributed by atoms with Crippen LogP contribution >= 0.6 is 0 Å². The van der Waals surface area contributed by atoms with Gasteiger partial charge >= 0.3 is 23.9 Å². The molecule has 12 nitrogen and oxygen atoms in total. The Morgan fingerprint density at radius 3 is 1.30 bits per heavy atom. The van der Waals surface area contributed by atoms with Crippen molar-refractivity contribution < 1.29 is 58.2 Å². The molecule has 0 saturated carbocycles. The third-order valence-corrected chi connectivity index (χ3v) is 13.1. The van der Waals surface area contributed by atoms with Crippen LogP contribution in [0.4, 0.5) is 0 Å². The minimum atomic E-state index is -1.91. The van der Waals surface area contributed by atoms with Crippen LogP contribution in [0.15, 0.2) is 97.2 Å². The Bertz CT molecular complexity index is 1710. The number of unbranched alkanes of at least 4 members (excludes halogenated alkanes) is 20. The normalized spacial score (nSPS) is 18.7. The van der Waals surface area contributed by atoms with Crippen molar-refractivity contribution in [2.45, 2.75) is 276 Å². The third kappa shape index (κ3) is 42.3. The Hall–Kier alpha value is -4.36. The smallest absolute Gasteiger partial charge is 0.335 e. The number of ether oxygens (including phenoxy) is 5. The number of hydrogen-bond acceptors (Lipinski definition) is 11. The molecule has 1 aliphatic heterocycles. The van der Waals surface area contributed by atoms with E-state index >= 15 is 0 Å². The minimum Gasteiger partial charge on any atom is -0.479 e. The Kier molecular flexibility index (Phi) is 48.0. The maximum Gasteiger partial charge on any atom is 0.335 e. The molecule has 0 amide bonds. The van der Waals surface area contributed by atoms with Crippen LogP contribution < -0.4 is 0 Å². The molecule has 6 atom stereocenters. The predicted octanol–water partition coefficient (Wildman–Crippen LogP) is 15.7. The summed E-state index contributed by atoms with van der Waals surface area (Å²) < 4.78 is 28.4. The molecule has 1 fully saturated rings. The second-order valence-corrected chi connectivity index (χ2v) is 20.2. The maximum absolute atomic E-state index is 13.2. The summed E-state index contributed by atoms with van der Waals surface area (Å²) in [7, 11) is 0. The van der Waals surface area contributed by atoms with Crippen molar-refractivity contribution in [3.8, 4) is 0 Å². The van der Waals surface area contributed by atoms with Crippen LogP contribution in [-0.2, 0) is 42.9 Å². The lowest BCUT2D eigenvalue weighted by Gasteiger charge is -2.40. The van der Waals surface area contributed by atoms with E-state index in [1.165, 1.54) is 38.5 Å². The van der Waals surface area contributed by atoms with Gasteiger partial charge in [0.25, 0.3) is 0 Å². The molecule has 1 heterocycles. The summed E-state index contributed by atoms with van der Waals surface area (Å²) in [6.45, 7) is 5.77. The molecule has 1 rings (SSSR count). The Labute approximate surface area is 466 Å². The number of carbonyl (C=O) groups excluding carboxylic acids is 3. The van der Waals surface area contributed by atoms with Gasteiger partial charge in [-0.2, -0.15) is 0 Å². The van der Waals surface area contributed by atoms with Crippen LogP contribution in [0.5, 0.6) is 0 Å². The van der Waals surface area contributed by atoms with Crippen molar-refractivity contribution >= 4 is 23.9 Å². The highest BCUT2D eigenvalue weighted by Crippen LogP contribution is 2.26. The molecule has 0 radical (unpaired) electrons. The van der Waals surface area contributed by atoms with Crippen molar-refractivity contribution in [2.75, 3.05) is 13.2 Å². The number of hydrogen-bond donors (Lipinski definition) is 3. The number of rotatable bonds is 50. The van der Waals surface area contributed by atoms with Crippen LogP contribution in [0.1, 0.15) is 239 Å². The number of aliphatic hydroxyl groups excluding tert-OH is 2. The first-order valence-electron chi connectivity index (χ1n) is 30.2. The maximum atomic E-state index is 13.2. The van der Waals surface area contributed by atoms with Crippen LogP contribution in [0.2, 0.25) is 0 Å². The summed E-state index contributed by atoms with van der Waals surface area (Å²) in [5.74, 6) is -3.19. The summed E-state index contributed by atoms with van der Waals surface area (Å²) in [6.07, 6.45) is 56.6.